The van der Waals surface area contributed by atoms with E-state index in [1.165, 1.54) is 5.56 Å². The van der Waals surface area contributed by atoms with Crippen molar-refractivity contribution in [3.8, 4) is 0 Å². The lowest BCUT2D eigenvalue weighted by Crippen LogP contribution is -2.23. The van der Waals surface area contributed by atoms with Crippen LogP contribution in [-0.2, 0) is 0 Å². The van der Waals surface area contributed by atoms with Crippen LogP contribution in [0, 0.1) is 0 Å². The van der Waals surface area contributed by atoms with Gasteiger partial charge in [0, 0.05) is 17.9 Å². The number of benzene rings is 2. The van der Waals surface area contributed by atoms with Gasteiger partial charge in [0.25, 0.3) is 5.91 Å². The standard InChI is InChI=1S/C18H23N3O/c1-4-20-18(22)16-11-14(19)7-10-17(16)21-15-8-5-13(6-9-15)12(2)3/h5-12,21H,4,19H2,1-3H3,(H,20,22). The average molecular weight is 297 g/mol. The number of hydrogen-bond donors (Lipinski definition) is 3. The fraction of sp³-hybridized carbons (Fsp3) is 0.278. The zero-order chi connectivity index (χ0) is 16.1. The van der Waals surface area contributed by atoms with Gasteiger partial charge in [-0.15, -0.1) is 0 Å². The highest BCUT2D eigenvalue weighted by molar-refractivity contribution is 6.01. The van der Waals surface area contributed by atoms with E-state index >= 15 is 0 Å². The number of carbonyl (C=O) groups is 1. The van der Waals surface area contributed by atoms with Gasteiger partial charge >= 0.3 is 0 Å². The molecule has 116 valence electrons. The molecule has 0 spiro atoms. The lowest BCUT2D eigenvalue weighted by molar-refractivity contribution is 0.0956. The van der Waals surface area contributed by atoms with Crippen LogP contribution in [0.3, 0.4) is 0 Å². The molecule has 0 unspecified atom stereocenters. The minimum absolute atomic E-state index is 0.129. The average Bonchev–Trinajstić information content (AvgIpc) is 2.50. The molecule has 1 amide bonds. The molecule has 0 fully saturated rings. The molecule has 0 heterocycles. The SMILES string of the molecule is CCNC(=O)c1cc(N)ccc1Nc1ccc(C(C)C)cc1. The first-order chi connectivity index (χ1) is 10.5. The smallest absolute Gasteiger partial charge is 0.253 e. The molecule has 2 aromatic carbocycles. The van der Waals surface area contributed by atoms with Crippen LogP contribution in [0.15, 0.2) is 42.5 Å². The molecule has 22 heavy (non-hydrogen) atoms. The number of rotatable bonds is 5. The van der Waals surface area contributed by atoms with Gasteiger partial charge in [-0.2, -0.15) is 0 Å². The second kappa shape index (κ2) is 6.98. The zero-order valence-corrected chi connectivity index (χ0v) is 13.3. The Morgan fingerprint density at radius 1 is 1.14 bits per heavy atom. The molecule has 4 heteroatoms. The Labute approximate surface area is 131 Å². The van der Waals surface area contributed by atoms with Gasteiger partial charge in [-0.25, -0.2) is 0 Å². The highest BCUT2D eigenvalue weighted by Gasteiger charge is 2.11. The van der Waals surface area contributed by atoms with Crippen LogP contribution in [0.1, 0.15) is 42.6 Å². The van der Waals surface area contributed by atoms with E-state index in [-0.39, 0.29) is 5.91 Å². The van der Waals surface area contributed by atoms with Gasteiger partial charge in [-0.1, -0.05) is 26.0 Å². The fourth-order valence-electron chi connectivity index (χ4n) is 2.22. The molecule has 4 nitrogen and oxygen atoms in total. The van der Waals surface area contributed by atoms with Crippen LogP contribution < -0.4 is 16.4 Å². The van der Waals surface area contributed by atoms with Crippen LogP contribution in [0.5, 0.6) is 0 Å². The molecule has 0 radical (unpaired) electrons. The molecule has 2 aromatic rings. The van der Waals surface area contributed by atoms with Crippen LogP contribution in [0.25, 0.3) is 0 Å². The first-order valence-corrected chi connectivity index (χ1v) is 7.56. The van der Waals surface area contributed by atoms with Crippen molar-refractivity contribution < 1.29 is 4.79 Å². The predicted octanol–water partition coefficient (Wildman–Crippen LogP) is 3.89. The number of nitrogen functional groups attached to an aromatic ring is 1. The highest BCUT2D eigenvalue weighted by atomic mass is 16.1. The number of nitrogens with two attached hydrogens (primary N) is 1. The van der Waals surface area contributed by atoms with E-state index in [0.29, 0.717) is 23.7 Å². The summed E-state index contributed by atoms with van der Waals surface area (Å²) in [4.78, 5) is 12.1. The van der Waals surface area contributed by atoms with Crippen molar-refractivity contribution in [3.63, 3.8) is 0 Å². The maximum atomic E-state index is 12.1. The third kappa shape index (κ3) is 3.79. The van der Waals surface area contributed by atoms with Crippen molar-refractivity contribution in [2.24, 2.45) is 0 Å². The number of nitrogens with one attached hydrogen (secondary N) is 2. The maximum Gasteiger partial charge on any atom is 0.253 e. The minimum atomic E-state index is -0.129. The van der Waals surface area contributed by atoms with Crippen LogP contribution in [0.2, 0.25) is 0 Å². The van der Waals surface area contributed by atoms with E-state index in [9.17, 15) is 4.79 Å². The predicted molar refractivity (Wildman–Crippen MR) is 92.7 cm³/mol. The minimum Gasteiger partial charge on any atom is -0.399 e. The molecule has 0 aromatic heterocycles. The Bertz CT molecular complexity index is 648. The Balaban J connectivity index is 2.26. The van der Waals surface area contributed by atoms with Crippen molar-refractivity contribution in [3.05, 3.63) is 53.6 Å². The van der Waals surface area contributed by atoms with E-state index < -0.39 is 0 Å². The summed E-state index contributed by atoms with van der Waals surface area (Å²) in [7, 11) is 0. The summed E-state index contributed by atoms with van der Waals surface area (Å²) in [5, 5.41) is 6.09. The number of amides is 1. The number of hydrogen-bond acceptors (Lipinski definition) is 3. The third-order valence-corrected chi connectivity index (χ3v) is 3.48. The van der Waals surface area contributed by atoms with Crippen molar-refractivity contribution in [2.45, 2.75) is 26.7 Å². The molecule has 4 N–H and O–H groups in total. The first kappa shape index (κ1) is 15.9. The van der Waals surface area contributed by atoms with Gasteiger partial charge in [-0.3, -0.25) is 4.79 Å². The molecular weight excluding hydrogens is 274 g/mol. The van der Waals surface area contributed by atoms with E-state index in [1.54, 1.807) is 12.1 Å². The summed E-state index contributed by atoms with van der Waals surface area (Å²) in [6.07, 6.45) is 0. The van der Waals surface area contributed by atoms with Gasteiger partial charge in [-0.05, 0) is 48.7 Å². The van der Waals surface area contributed by atoms with Gasteiger partial charge in [0.1, 0.15) is 0 Å². The van der Waals surface area contributed by atoms with Crippen molar-refractivity contribution >= 4 is 23.0 Å². The largest absolute Gasteiger partial charge is 0.399 e. The molecule has 0 aliphatic rings. The van der Waals surface area contributed by atoms with Crippen molar-refractivity contribution in [1.29, 1.82) is 0 Å². The molecule has 0 aliphatic heterocycles. The lowest BCUT2D eigenvalue weighted by Gasteiger charge is -2.13. The van der Waals surface area contributed by atoms with E-state index in [4.69, 9.17) is 5.73 Å². The summed E-state index contributed by atoms with van der Waals surface area (Å²) in [6.45, 7) is 6.79. The molecule has 0 saturated carbocycles. The van der Waals surface area contributed by atoms with Gasteiger partial charge in [0.15, 0.2) is 0 Å². The molecular formula is C18H23N3O. The molecule has 0 aliphatic carbocycles. The summed E-state index contributed by atoms with van der Waals surface area (Å²) < 4.78 is 0. The lowest BCUT2D eigenvalue weighted by atomic mass is 10.0. The summed E-state index contributed by atoms with van der Waals surface area (Å²) in [6, 6.07) is 13.5. The van der Waals surface area contributed by atoms with Crippen molar-refractivity contribution in [2.75, 3.05) is 17.6 Å². The second-order valence-electron chi connectivity index (χ2n) is 5.57. The van der Waals surface area contributed by atoms with Crippen molar-refractivity contribution in [1.82, 2.24) is 5.32 Å². The topological polar surface area (TPSA) is 67.2 Å². The molecule has 0 atom stereocenters. The maximum absolute atomic E-state index is 12.1. The Hall–Kier alpha value is -2.49. The highest BCUT2D eigenvalue weighted by Crippen LogP contribution is 2.24. The molecule has 0 bridgehead atoms. The molecule has 0 saturated heterocycles. The van der Waals surface area contributed by atoms with Gasteiger partial charge in [0.2, 0.25) is 0 Å². The van der Waals surface area contributed by atoms with Crippen LogP contribution >= 0.6 is 0 Å². The van der Waals surface area contributed by atoms with E-state index in [1.807, 2.05) is 25.1 Å². The van der Waals surface area contributed by atoms with E-state index in [2.05, 4.69) is 36.6 Å². The van der Waals surface area contributed by atoms with Gasteiger partial charge in [0.05, 0.1) is 11.3 Å². The Morgan fingerprint density at radius 3 is 2.41 bits per heavy atom. The zero-order valence-electron chi connectivity index (χ0n) is 13.3. The van der Waals surface area contributed by atoms with E-state index in [0.717, 1.165) is 11.4 Å². The normalized spacial score (nSPS) is 10.5. The number of anilines is 3. The Kier molecular flexibility index (Phi) is 5.04. The fourth-order valence-corrected chi connectivity index (χ4v) is 2.22. The third-order valence-electron chi connectivity index (χ3n) is 3.48. The van der Waals surface area contributed by atoms with Gasteiger partial charge < -0.3 is 16.4 Å². The Morgan fingerprint density at radius 2 is 1.82 bits per heavy atom. The van der Waals surface area contributed by atoms with Crippen LogP contribution in [0.4, 0.5) is 17.1 Å². The monoisotopic (exact) mass is 297 g/mol. The molecule has 2 rings (SSSR count). The quantitative estimate of drug-likeness (QED) is 0.734. The summed E-state index contributed by atoms with van der Waals surface area (Å²) in [5.41, 5.74) is 9.90. The first-order valence-electron chi connectivity index (χ1n) is 7.56. The summed E-state index contributed by atoms with van der Waals surface area (Å²) in [5.74, 6) is 0.368. The van der Waals surface area contributed by atoms with Crippen LogP contribution in [-0.4, -0.2) is 12.5 Å². The second-order valence-corrected chi connectivity index (χ2v) is 5.57. The summed E-state index contributed by atoms with van der Waals surface area (Å²) >= 11 is 0. The number of carbonyl (C=O) groups excluding carboxylic acids is 1.